The summed E-state index contributed by atoms with van der Waals surface area (Å²) < 4.78 is 36.0. The van der Waals surface area contributed by atoms with E-state index < -0.39 is 17.6 Å². The molecule has 2 aliphatic rings. The molecular formula is C24H27F2N5O2S. The Morgan fingerprint density at radius 3 is 2.76 bits per heavy atom. The molecule has 180 valence electrons. The SMILES string of the molecule is Cc1cnc2c(N)c(C(=O)NC[C@@H](C)c3cc(F)c(N4CC5CCCC(C4)O5)cc3F)sc2n1. The van der Waals surface area contributed by atoms with Crippen LogP contribution in [0.3, 0.4) is 0 Å². The zero-order chi connectivity index (χ0) is 24.0. The van der Waals surface area contributed by atoms with Gasteiger partial charge in [0.25, 0.3) is 5.91 Å². The second-order valence-corrected chi connectivity index (χ2v) is 10.2. The number of halogens is 2. The molecule has 2 unspecified atom stereocenters. The van der Waals surface area contributed by atoms with Crippen LogP contribution in [0.1, 0.15) is 53.0 Å². The lowest BCUT2D eigenvalue weighted by atomic mass is 9.97. The number of rotatable bonds is 5. The fourth-order valence-corrected chi connectivity index (χ4v) is 5.77. The maximum Gasteiger partial charge on any atom is 0.263 e. The van der Waals surface area contributed by atoms with E-state index in [2.05, 4.69) is 15.3 Å². The minimum Gasteiger partial charge on any atom is -0.396 e. The molecule has 10 heteroatoms. The average molecular weight is 488 g/mol. The summed E-state index contributed by atoms with van der Waals surface area (Å²) in [5, 5.41) is 2.78. The quantitative estimate of drug-likeness (QED) is 0.562. The van der Waals surface area contributed by atoms with Crippen molar-refractivity contribution >= 4 is 39.0 Å². The second-order valence-electron chi connectivity index (χ2n) is 9.16. The lowest BCUT2D eigenvalue weighted by Crippen LogP contribution is -2.50. The predicted molar refractivity (Wildman–Crippen MR) is 128 cm³/mol. The van der Waals surface area contributed by atoms with Crippen LogP contribution in [0, 0.1) is 18.6 Å². The molecule has 2 fully saturated rings. The minimum absolute atomic E-state index is 0.0689. The molecule has 5 rings (SSSR count). The lowest BCUT2D eigenvalue weighted by Gasteiger charge is -2.42. The van der Waals surface area contributed by atoms with E-state index in [0.29, 0.717) is 28.3 Å². The second kappa shape index (κ2) is 9.07. The van der Waals surface area contributed by atoms with Crippen molar-refractivity contribution in [1.82, 2.24) is 15.3 Å². The first-order valence-electron chi connectivity index (χ1n) is 11.5. The summed E-state index contributed by atoms with van der Waals surface area (Å²) in [6, 6.07) is 2.52. The number of hydrogen-bond acceptors (Lipinski definition) is 7. The number of aromatic nitrogens is 2. The van der Waals surface area contributed by atoms with Crippen LogP contribution in [0.4, 0.5) is 20.2 Å². The molecule has 34 heavy (non-hydrogen) atoms. The van der Waals surface area contributed by atoms with Crippen LogP contribution >= 0.6 is 11.3 Å². The van der Waals surface area contributed by atoms with Crippen LogP contribution in [-0.4, -0.2) is 47.7 Å². The Morgan fingerprint density at radius 1 is 1.29 bits per heavy atom. The van der Waals surface area contributed by atoms with Gasteiger partial charge in [-0.25, -0.2) is 18.7 Å². The number of carbonyl (C=O) groups excluding carboxylic acids is 1. The first kappa shape index (κ1) is 22.9. The summed E-state index contributed by atoms with van der Waals surface area (Å²) >= 11 is 1.16. The molecule has 0 radical (unpaired) electrons. The van der Waals surface area contributed by atoms with Crippen LogP contribution in [0.2, 0.25) is 0 Å². The molecule has 0 aliphatic carbocycles. The molecule has 0 spiro atoms. The van der Waals surface area contributed by atoms with Gasteiger partial charge in [-0.15, -0.1) is 11.3 Å². The van der Waals surface area contributed by atoms with Crippen molar-refractivity contribution in [3.63, 3.8) is 0 Å². The average Bonchev–Trinajstić information content (AvgIpc) is 3.13. The molecule has 3 aromatic rings. The Balaban J connectivity index is 1.28. The van der Waals surface area contributed by atoms with Gasteiger partial charge in [-0.3, -0.25) is 4.79 Å². The zero-order valence-corrected chi connectivity index (χ0v) is 19.9. The Labute approximate surface area is 200 Å². The van der Waals surface area contributed by atoms with Crippen molar-refractivity contribution in [2.24, 2.45) is 0 Å². The lowest BCUT2D eigenvalue weighted by molar-refractivity contribution is -0.0606. The zero-order valence-electron chi connectivity index (χ0n) is 19.1. The van der Waals surface area contributed by atoms with Gasteiger partial charge in [0.15, 0.2) is 0 Å². The maximum atomic E-state index is 15.1. The number of anilines is 2. The van der Waals surface area contributed by atoms with Crippen LogP contribution in [0.15, 0.2) is 18.3 Å². The molecule has 0 saturated carbocycles. The molecule has 2 aromatic heterocycles. The van der Waals surface area contributed by atoms with Crippen molar-refractivity contribution in [2.75, 3.05) is 30.3 Å². The number of carbonyl (C=O) groups is 1. The number of hydrogen-bond donors (Lipinski definition) is 2. The summed E-state index contributed by atoms with van der Waals surface area (Å²) in [6.45, 7) is 4.82. The van der Waals surface area contributed by atoms with Crippen molar-refractivity contribution in [3.05, 3.63) is 46.1 Å². The molecule has 2 aliphatic heterocycles. The molecule has 1 aromatic carbocycles. The van der Waals surface area contributed by atoms with E-state index in [1.54, 1.807) is 13.1 Å². The van der Waals surface area contributed by atoms with Gasteiger partial charge in [0.1, 0.15) is 26.9 Å². The number of amides is 1. The molecule has 2 bridgehead atoms. The third-order valence-corrected chi connectivity index (χ3v) is 7.64. The number of benzene rings is 1. The summed E-state index contributed by atoms with van der Waals surface area (Å²) in [7, 11) is 0. The highest BCUT2D eigenvalue weighted by molar-refractivity contribution is 7.21. The Kier molecular flexibility index (Phi) is 6.11. The number of nitrogens with one attached hydrogen (secondary N) is 1. The highest BCUT2D eigenvalue weighted by Crippen LogP contribution is 2.33. The number of fused-ring (bicyclic) bond motifs is 3. The summed E-state index contributed by atoms with van der Waals surface area (Å²) in [4.78, 5) is 24.1. The summed E-state index contributed by atoms with van der Waals surface area (Å²) in [5.74, 6) is -1.77. The van der Waals surface area contributed by atoms with Crippen LogP contribution in [-0.2, 0) is 4.74 Å². The topological polar surface area (TPSA) is 93.4 Å². The van der Waals surface area contributed by atoms with E-state index in [-0.39, 0.29) is 41.6 Å². The van der Waals surface area contributed by atoms with Gasteiger partial charge >= 0.3 is 0 Å². The summed E-state index contributed by atoms with van der Waals surface area (Å²) in [6.07, 6.45) is 4.74. The smallest absolute Gasteiger partial charge is 0.263 e. The van der Waals surface area contributed by atoms with E-state index in [0.717, 1.165) is 36.3 Å². The fraction of sp³-hybridized carbons (Fsp3) is 0.458. The monoisotopic (exact) mass is 487 g/mol. The number of thiophene rings is 1. The van der Waals surface area contributed by atoms with Gasteiger partial charge in [-0.2, -0.15) is 0 Å². The van der Waals surface area contributed by atoms with Crippen molar-refractivity contribution in [1.29, 1.82) is 0 Å². The normalized spacial score (nSPS) is 21.0. The number of aryl methyl sites for hydroxylation is 1. The molecule has 1 amide bonds. The van der Waals surface area contributed by atoms with Crippen molar-refractivity contribution < 1.29 is 18.3 Å². The number of morpholine rings is 1. The highest BCUT2D eigenvalue weighted by Gasteiger charge is 2.33. The molecule has 2 saturated heterocycles. The number of ether oxygens (including phenoxy) is 1. The van der Waals surface area contributed by atoms with Gasteiger partial charge in [0.05, 0.1) is 29.3 Å². The predicted octanol–water partition coefficient (Wildman–Crippen LogP) is 4.15. The largest absolute Gasteiger partial charge is 0.396 e. The van der Waals surface area contributed by atoms with Gasteiger partial charge in [0.2, 0.25) is 0 Å². The van der Waals surface area contributed by atoms with E-state index >= 15 is 8.78 Å². The van der Waals surface area contributed by atoms with Crippen molar-refractivity contribution in [3.8, 4) is 0 Å². The van der Waals surface area contributed by atoms with Gasteiger partial charge in [-0.05, 0) is 37.8 Å². The Morgan fingerprint density at radius 2 is 2.03 bits per heavy atom. The standard InChI is InChI=1S/C24H27F2N5O2S/c1-12(8-29-23(32)22-20(27)21-24(34-22)30-13(2)9-28-21)16-6-18(26)19(7-17(16)25)31-10-14-4-3-5-15(11-31)33-14/h6-7,9,12,14-15H,3-5,8,10-11,27H2,1-2H3,(H,29,32)/t12-,14?,15?/m1/s1. The van der Waals surface area contributed by atoms with Gasteiger partial charge in [0, 0.05) is 37.8 Å². The van der Waals surface area contributed by atoms with Crippen LogP contribution in [0.25, 0.3) is 10.3 Å². The number of nitrogen functional groups attached to an aromatic ring is 1. The number of nitrogens with zero attached hydrogens (tertiary/aromatic N) is 3. The molecule has 3 N–H and O–H groups in total. The molecular weight excluding hydrogens is 460 g/mol. The van der Waals surface area contributed by atoms with E-state index in [9.17, 15) is 4.79 Å². The third kappa shape index (κ3) is 4.32. The molecule has 3 atom stereocenters. The van der Waals surface area contributed by atoms with E-state index in [4.69, 9.17) is 10.5 Å². The maximum absolute atomic E-state index is 15.1. The van der Waals surface area contributed by atoms with E-state index in [1.165, 1.54) is 12.1 Å². The van der Waals surface area contributed by atoms with Crippen LogP contribution in [0.5, 0.6) is 0 Å². The summed E-state index contributed by atoms with van der Waals surface area (Å²) in [5.41, 5.74) is 8.08. The first-order valence-corrected chi connectivity index (χ1v) is 12.3. The van der Waals surface area contributed by atoms with Gasteiger partial charge in [-0.1, -0.05) is 6.92 Å². The fourth-order valence-electron chi connectivity index (χ4n) is 4.76. The first-order chi connectivity index (χ1) is 16.3. The number of nitrogens with two attached hydrogens (primary N) is 1. The van der Waals surface area contributed by atoms with E-state index in [1.807, 2.05) is 11.8 Å². The minimum atomic E-state index is -0.486. The molecule has 4 heterocycles. The van der Waals surface area contributed by atoms with Crippen LogP contribution < -0.4 is 16.0 Å². The highest BCUT2D eigenvalue weighted by atomic mass is 32.1. The van der Waals surface area contributed by atoms with Crippen molar-refractivity contribution in [2.45, 2.75) is 51.2 Å². The third-order valence-electron chi connectivity index (χ3n) is 6.56. The van der Waals surface area contributed by atoms with Gasteiger partial charge < -0.3 is 20.7 Å². The molecule has 7 nitrogen and oxygen atoms in total. The Hall–Kier alpha value is -2.85. The Bertz CT molecular complexity index is 1240.